The summed E-state index contributed by atoms with van der Waals surface area (Å²) in [6, 6.07) is 24.0. The number of amides is 2. The summed E-state index contributed by atoms with van der Waals surface area (Å²) in [7, 11) is 3.31. The van der Waals surface area contributed by atoms with Gasteiger partial charge in [0.2, 0.25) is 0 Å². The maximum Gasteiger partial charge on any atom is 0.255 e. The second kappa shape index (κ2) is 18.4. The highest BCUT2D eigenvalue weighted by Gasteiger charge is 2.20. The first-order valence-corrected chi connectivity index (χ1v) is 19.8. The van der Waals surface area contributed by atoms with Gasteiger partial charge in [-0.3, -0.25) is 24.1 Å². The number of fused-ring (bicyclic) bond motifs is 2. The fourth-order valence-corrected chi connectivity index (χ4v) is 7.17. The molecule has 0 aliphatic carbocycles. The molecule has 15 heteroatoms. The van der Waals surface area contributed by atoms with Gasteiger partial charge in [-0.05, 0) is 71.8 Å². The Bertz CT molecular complexity index is 2570. The van der Waals surface area contributed by atoms with Crippen LogP contribution in [0.2, 0.25) is 10.0 Å². The molecule has 1 aliphatic rings. The number of phenols is 2. The fraction of sp³-hybridized carbons (Fsp3) is 0.238. The molecule has 296 valence electrons. The van der Waals surface area contributed by atoms with Gasteiger partial charge in [-0.15, -0.1) is 0 Å². The Balaban J connectivity index is 0.000000196. The maximum absolute atomic E-state index is 12.8. The number of aromatic hydroxyl groups is 2. The SMILES string of the molecule is Cn1c(=O)c(CBr)cc2c(O)c(C(=O)NCc3ccc(Cl)cc3)ccc21.Cn1c(=O)c(CN2CCOCC2)cc2c(O)c(C(=O)NCc3ccc(Cl)cc3)ccc21. The number of morpholine rings is 1. The monoisotopic (exact) mass is 875 g/mol. The number of rotatable bonds is 9. The summed E-state index contributed by atoms with van der Waals surface area (Å²) < 4.78 is 8.34. The third-order valence-corrected chi connectivity index (χ3v) is 10.9. The minimum Gasteiger partial charge on any atom is -0.506 e. The number of carbonyl (C=O) groups excluding carboxylic acids is 2. The zero-order valence-corrected chi connectivity index (χ0v) is 34.2. The van der Waals surface area contributed by atoms with Gasteiger partial charge in [0.05, 0.1) is 35.4 Å². The van der Waals surface area contributed by atoms with Crippen LogP contribution in [0.3, 0.4) is 0 Å². The van der Waals surface area contributed by atoms with Gasteiger partial charge in [0.25, 0.3) is 22.9 Å². The Morgan fingerprint density at radius 2 is 1.11 bits per heavy atom. The third kappa shape index (κ3) is 9.52. The summed E-state index contributed by atoms with van der Waals surface area (Å²) in [4.78, 5) is 52.3. The van der Waals surface area contributed by atoms with Crippen molar-refractivity contribution in [2.75, 3.05) is 26.3 Å². The first-order chi connectivity index (χ1) is 27.4. The molecular formula is C42H40BrCl2N5O7. The van der Waals surface area contributed by atoms with E-state index in [0.717, 1.165) is 24.2 Å². The summed E-state index contributed by atoms with van der Waals surface area (Å²) in [5.41, 5.74) is 4.07. The predicted octanol–water partition coefficient (Wildman–Crippen LogP) is 6.38. The minimum absolute atomic E-state index is 0.113. The number of aryl methyl sites for hydroxylation is 2. The first kappa shape index (κ1) is 41.5. The van der Waals surface area contributed by atoms with Crippen molar-refractivity contribution in [3.8, 4) is 11.5 Å². The van der Waals surface area contributed by atoms with Gasteiger partial charge in [0.1, 0.15) is 11.5 Å². The van der Waals surface area contributed by atoms with E-state index < -0.39 is 11.8 Å². The Labute approximate surface area is 346 Å². The number of ether oxygens (including phenoxy) is 1. The van der Waals surface area contributed by atoms with Crippen LogP contribution >= 0.6 is 39.1 Å². The molecule has 7 rings (SSSR count). The molecule has 0 spiro atoms. The van der Waals surface area contributed by atoms with Gasteiger partial charge in [0.15, 0.2) is 0 Å². The fourth-order valence-electron chi connectivity index (χ4n) is 6.52. The smallest absolute Gasteiger partial charge is 0.255 e. The van der Waals surface area contributed by atoms with Crippen molar-refractivity contribution in [3.63, 3.8) is 0 Å². The molecule has 1 fully saturated rings. The Morgan fingerprint density at radius 3 is 1.54 bits per heavy atom. The van der Waals surface area contributed by atoms with Gasteiger partial charge in [-0.25, -0.2) is 0 Å². The first-order valence-electron chi connectivity index (χ1n) is 18.0. The molecule has 4 N–H and O–H groups in total. The van der Waals surface area contributed by atoms with Crippen LogP contribution in [0.25, 0.3) is 21.8 Å². The van der Waals surface area contributed by atoms with Crippen LogP contribution in [0, 0.1) is 0 Å². The maximum atomic E-state index is 12.8. The molecule has 2 aromatic heterocycles. The van der Waals surface area contributed by atoms with Gasteiger partial charge < -0.3 is 34.7 Å². The lowest BCUT2D eigenvalue weighted by atomic mass is 10.1. The van der Waals surface area contributed by atoms with Crippen molar-refractivity contribution in [2.45, 2.75) is 25.0 Å². The van der Waals surface area contributed by atoms with Crippen LogP contribution in [0.5, 0.6) is 11.5 Å². The Hall–Kier alpha value is -5.18. The van der Waals surface area contributed by atoms with Crippen molar-refractivity contribution in [1.29, 1.82) is 0 Å². The highest BCUT2D eigenvalue weighted by atomic mass is 79.9. The molecule has 0 atom stereocenters. The number of nitrogens with one attached hydrogen (secondary N) is 2. The van der Waals surface area contributed by atoms with E-state index in [2.05, 4.69) is 31.5 Å². The standard InChI is InChI=1S/C23H24ClN3O4.C19H16BrClN2O3/c1-26-20-7-6-18(22(29)25-13-15-2-4-17(24)5-3-15)21(28)19(20)12-16(23(26)30)14-27-8-10-31-11-9-27;1-23-16-7-6-14(17(24)15(16)8-12(9-20)19(23)26)18(25)22-10-11-2-4-13(21)5-3-11/h2-7,12,28H,8-11,13-14H2,1H3,(H,25,29);2-8,24H,9-10H2,1H3,(H,22,25). The van der Waals surface area contributed by atoms with E-state index >= 15 is 0 Å². The summed E-state index contributed by atoms with van der Waals surface area (Å²) >= 11 is 15.0. The topological polar surface area (TPSA) is 155 Å². The Morgan fingerprint density at radius 1 is 0.684 bits per heavy atom. The second-order valence-electron chi connectivity index (χ2n) is 13.5. The summed E-state index contributed by atoms with van der Waals surface area (Å²) in [6.07, 6.45) is 0. The number of hydrogen-bond acceptors (Lipinski definition) is 8. The number of nitrogens with zero attached hydrogens (tertiary/aromatic N) is 3. The molecule has 0 unspecified atom stereocenters. The molecule has 0 saturated carbocycles. The lowest BCUT2D eigenvalue weighted by molar-refractivity contribution is 0.0340. The van der Waals surface area contributed by atoms with E-state index in [-0.39, 0.29) is 33.7 Å². The molecule has 1 saturated heterocycles. The van der Waals surface area contributed by atoms with Crippen molar-refractivity contribution in [2.24, 2.45) is 14.1 Å². The lowest BCUT2D eigenvalue weighted by Crippen LogP contribution is -2.37. The van der Waals surface area contributed by atoms with E-state index in [1.165, 1.54) is 21.3 Å². The summed E-state index contributed by atoms with van der Waals surface area (Å²) in [5.74, 6) is -1.06. The lowest BCUT2D eigenvalue weighted by Gasteiger charge is -2.26. The van der Waals surface area contributed by atoms with Crippen LogP contribution in [0.1, 0.15) is 43.0 Å². The van der Waals surface area contributed by atoms with Crippen LogP contribution in [-0.2, 0) is 43.8 Å². The number of halogens is 3. The zero-order chi connectivity index (χ0) is 40.8. The molecule has 4 aromatic carbocycles. The normalized spacial score (nSPS) is 12.9. The molecule has 57 heavy (non-hydrogen) atoms. The van der Waals surface area contributed by atoms with E-state index in [0.29, 0.717) is 81.2 Å². The molecule has 12 nitrogen and oxygen atoms in total. The van der Waals surface area contributed by atoms with Gasteiger partial charge in [-0.1, -0.05) is 63.4 Å². The molecule has 6 aromatic rings. The zero-order valence-electron chi connectivity index (χ0n) is 31.2. The number of carbonyl (C=O) groups is 2. The quantitative estimate of drug-likeness (QED) is 0.122. The van der Waals surface area contributed by atoms with Gasteiger partial charge in [-0.2, -0.15) is 0 Å². The molecule has 2 amide bonds. The number of pyridine rings is 2. The molecule has 3 heterocycles. The van der Waals surface area contributed by atoms with Crippen LogP contribution in [0.15, 0.2) is 94.5 Å². The van der Waals surface area contributed by atoms with Crippen LogP contribution < -0.4 is 21.8 Å². The molecule has 0 bridgehead atoms. The van der Waals surface area contributed by atoms with Crippen molar-refractivity contribution in [1.82, 2.24) is 24.7 Å². The minimum atomic E-state index is -0.395. The van der Waals surface area contributed by atoms with Gasteiger partial charge >= 0.3 is 0 Å². The van der Waals surface area contributed by atoms with Crippen LogP contribution in [-0.4, -0.2) is 62.4 Å². The largest absolute Gasteiger partial charge is 0.506 e. The van der Waals surface area contributed by atoms with Crippen molar-refractivity contribution in [3.05, 3.63) is 149 Å². The number of benzene rings is 4. The predicted molar refractivity (Wildman–Crippen MR) is 226 cm³/mol. The average Bonchev–Trinajstić information content (AvgIpc) is 3.21. The Kier molecular flexibility index (Phi) is 13.4. The number of hydrogen-bond donors (Lipinski definition) is 4. The average molecular weight is 878 g/mol. The highest BCUT2D eigenvalue weighted by Crippen LogP contribution is 2.30. The van der Waals surface area contributed by atoms with Gasteiger partial charge in [0, 0.05) is 84.1 Å². The molecular weight excluding hydrogens is 837 g/mol. The van der Waals surface area contributed by atoms with Crippen LogP contribution in [0.4, 0.5) is 0 Å². The summed E-state index contributed by atoms with van der Waals surface area (Å²) in [6.45, 7) is 3.86. The third-order valence-electron chi connectivity index (χ3n) is 9.77. The van der Waals surface area contributed by atoms with E-state index in [1.54, 1.807) is 62.6 Å². The number of alkyl halides is 1. The number of phenolic OH excluding ortho intramolecular Hbond substituents is 2. The summed E-state index contributed by atoms with van der Waals surface area (Å²) in [5, 5.41) is 29.6. The van der Waals surface area contributed by atoms with Crippen molar-refractivity contribution >= 4 is 72.8 Å². The van der Waals surface area contributed by atoms with E-state index in [4.69, 9.17) is 27.9 Å². The number of aromatic nitrogens is 2. The van der Waals surface area contributed by atoms with E-state index in [9.17, 15) is 29.4 Å². The van der Waals surface area contributed by atoms with Crippen molar-refractivity contribution < 1.29 is 24.5 Å². The highest BCUT2D eigenvalue weighted by molar-refractivity contribution is 9.08. The molecule has 0 radical (unpaired) electrons. The second-order valence-corrected chi connectivity index (χ2v) is 14.9. The van der Waals surface area contributed by atoms with E-state index in [1.807, 2.05) is 24.3 Å². The molecule has 1 aliphatic heterocycles.